The number of hydrogen-bond donors (Lipinski definition) is 2. The number of fused-ring (bicyclic) bond motifs is 1. The van der Waals surface area contributed by atoms with Gasteiger partial charge in [0, 0.05) is 11.6 Å². The Bertz CT molecular complexity index is 936. The van der Waals surface area contributed by atoms with Crippen LogP contribution in [-0.4, -0.2) is 31.7 Å². The van der Waals surface area contributed by atoms with Gasteiger partial charge in [-0.05, 0) is 54.4 Å². The molecule has 2 N–H and O–H groups in total. The van der Waals surface area contributed by atoms with Gasteiger partial charge < -0.3 is 10.4 Å². The van der Waals surface area contributed by atoms with E-state index in [1.54, 1.807) is 0 Å². The van der Waals surface area contributed by atoms with Gasteiger partial charge in [-0.15, -0.1) is 5.10 Å². The molecule has 0 radical (unpaired) electrons. The zero-order valence-electron chi connectivity index (χ0n) is 14.4. The van der Waals surface area contributed by atoms with Crippen molar-refractivity contribution in [3.8, 4) is 0 Å². The Balaban J connectivity index is 1.64. The first-order chi connectivity index (χ1) is 12.7. The number of hydrogen-bond acceptors (Lipinski definition) is 6. The molecule has 0 spiro atoms. The van der Waals surface area contributed by atoms with Crippen molar-refractivity contribution >= 4 is 28.3 Å². The maximum atomic E-state index is 12.8. The van der Waals surface area contributed by atoms with Crippen LogP contribution in [-0.2, 0) is 6.42 Å². The smallest absolute Gasteiger partial charge is 0.265 e. The van der Waals surface area contributed by atoms with E-state index in [4.69, 9.17) is 0 Å². The van der Waals surface area contributed by atoms with Gasteiger partial charge in [0.1, 0.15) is 4.88 Å². The highest BCUT2D eigenvalue weighted by Gasteiger charge is 2.36. The van der Waals surface area contributed by atoms with Crippen LogP contribution in [0.1, 0.15) is 46.7 Å². The normalized spacial score (nSPS) is 20.5. The molecule has 1 aliphatic carbocycles. The predicted octanol–water partition coefficient (Wildman–Crippen LogP) is 2.89. The third kappa shape index (κ3) is 3.20. The maximum absolute atomic E-state index is 12.8. The molecule has 3 aromatic rings. The van der Waals surface area contributed by atoms with Crippen molar-refractivity contribution in [3.63, 3.8) is 0 Å². The van der Waals surface area contributed by atoms with Crippen LogP contribution < -0.4 is 5.32 Å². The highest BCUT2D eigenvalue weighted by atomic mass is 32.1. The standard InChI is InChI=1S/C19H20N4O2S/c1-2-15-18(26-23-22-15)19(25)21-17(12-8-14(24)9-12)13-7-11-5-3-4-6-16(11)20-10-13/h3-7,10,12,14,17,24H,2,8-9H2,1H3,(H,21,25). The molecule has 1 unspecified atom stereocenters. The fraction of sp³-hybridized carbons (Fsp3) is 0.368. The van der Waals surface area contributed by atoms with Crippen molar-refractivity contribution < 1.29 is 9.90 Å². The molecular formula is C19H20N4O2S. The van der Waals surface area contributed by atoms with Crippen LogP contribution in [0.5, 0.6) is 0 Å². The average Bonchev–Trinajstić information content (AvgIpc) is 3.12. The van der Waals surface area contributed by atoms with Gasteiger partial charge in [0.25, 0.3) is 5.91 Å². The molecule has 7 heteroatoms. The third-order valence-electron chi connectivity index (χ3n) is 4.98. The van der Waals surface area contributed by atoms with Crippen LogP contribution in [0.25, 0.3) is 10.9 Å². The summed E-state index contributed by atoms with van der Waals surface area (Å²) in [4.78, 5) is 17.9. The Morgan fingerprint density at radius 3 is 2.96 bits per heavy atom. The van der Waals surface area contributed by atoms with Crippen LogP contribution in [0, 0.1) is 5.92 Å². The van der Waals surface area contributed by atoms with Crippen molar-refractivity contribution in [1.82, 2.24) is 19.9 Å². The molecule has 1 saturated carbocycles. The summed E-state index contributed by atoms with van der Waals surface area (Å²) < 4.78 is 3.90. The minimum atomic E-state index is -0.288. The van der Waals surface area contributed by atoms with E-state index in [1.165, 1.54) is 0 Å². The Labute approximate surface area is 155 Å². The summed E-state index contributed by atoms with van der Waals surface area (Å²) in [5, 5.41) is 17.9. The van der Waals surface area contributed by atoms with Crippen molar-refractivity contribution in [2.75, 3.05) is 0 Å². The first-order valence-corrected chi connectivity index (χ1v) is 9.58. The minimum Gasteiger partial charge on any atom is -0.393 e. The summed E-state index contributed by atoms with van der Waals surface area (Å²) >= 11 is 1.12. The van der Waals surface area contributed by atoms with Crippen molar-refractivity contribution in [2.24, 2.45) is 5.92 Å². The van der Waals surface area contributed by atoms with Gasteiger partial charge in [-0.3, -0.25) is 9.78 Å². The molecule has 1 aromatic carbocycles. The van der Waals surface area contributed by atoms with Crippen LogP contribution in [0.3, 0.4) is 0 Å². The molecule has 0 bridgehead atoms. The highest BCUT2D eigenvalue weighted by molar-refractivity contribution is 7.08. The van der Waals surface area contributed by atoms with Crippen molar-refractivity contribution in [3.05, 3.63) is 52.7 Å². The van der Waals surface area contributed by atoms with E-state index in [2.05, 4.69) is 26.0 Å². The van der Waals surface area contributed by atoms with Crippen LogP contribution in [0.2, 0.25) is 0 Å². The summed E-state index contributed by atoms with van der Waals surface area (Å²) in [6, 6.07) is 9.81. The zero-order valence-corrected chi connectivity index (χ0v) is 15.2. The van der Waals surface area contributed by atoms with Crippen LogP contribution in [0.4, 0.5) is 0 Å². The molecule has 26 heavy (non-hydrogen) atoms. The second-order valence-electron chi connectivity index (χ2n) is 6.70. The van der Waals surface area contributed by atoms with Gasteiger partial charge in [0.2, 0.25) is 0 Å². The summed E-state index contributed by atoms with van der Waals surface area (Å²) in [6.07, 6.45) is 3.57. The number of para-hydroxylation sites is 1. The first kappa shape index (κ1) is 17.1. The third-order valence-corrected chi connectivity index (χ3v) is 5.74. The number of aliphatic hydroxyl groups excluding tert-OH is 1. The molecule has 2 aromatic heterocycles. The molecule has 134 valence electrons. The van der Waals surface area contributed by atoms with E-state index in [9.17, 15) is 9.90 Å². The number of pyridine rings is 1. The number of benzene rings is 1. The molecule has 1 aliphatic rings. The number of carbonyl (C=O) groups is 1. The summed E-state index contributed by atoms with van der Waals surface area (Å²) in [5.41, 5.74) is 2.61. The lowest BCUT2D eigenvalue weighted by Gasteiger charge is -2.38. The van der Waals surface area contributed by atoms with Gasteiger partial charge >= 0.3 is 0 Å². The van der Waals surface area contributed by atoms with E-state index >= 15 is 0 Å². The molecule has 4 rings (SSSR count). The van der Waals surface area contributed by atoms with Gasteiger partial charge in [-0.25, -0.2) is 0 Å². The number of aliphatic hydroxyl groups is 1. The van der Waals surface area contributed by atoms with Gasteiger partial charge in [0.05, 0.1) is 23.4 Å². The number of rotatable bonds is 5. The van der Waals surface area contributed by atoms with E-state index in [1.807, 2.05) is 37.4 Å². The van der Waals surface area contributed by atoms with Gasteiger partial charge in [-0.2, -0.15) is 0 Å². The number of aryl methyl sites for hydroxylation is 1. The Morgan fingerprint density at radius 1 is 1.38 bits per heavy atom. The van der Waals surface area contributed by atoms with Crippen LogP contribution >= 0.6 is 11.5 Å². The fourth-order valence-corrected chi connectivity index (χ4v) is 4.11. The van der Waals surface area contributed by atoms with E-state index in [-0.39, 0.29) is 24.0 Å². The highest BCUT2D eigenvalue weighted by Crippen LogP contribution is 2.38. The topological polar surface area (TPSA) is 88.0 Å². The SMILES string of the molecule is CCc1nnsc1C(=O)NC(c1cnc2ccccc2c1)C1CC(O)C1. The first-order valence-electron chi connectivity index (χ1n) is 8.80. The summed E-state index contributed by atoms with van der Waals surface area (Å²) in [7, 11) is 0. The van der Waals surface area contributed by atoms with Crippen LogP contribution in [0.15, 0.2) is 36.5 Å². The quantitative estimate of drug-likeness (QED) is 0.723. The lowest BCUT2D eigenvalue weighted by Crippen LogP contribution is -2.41. The molecular weight excluding hydrogens is 348 g/mol. The lowest BCUT2D eigenvalue weighted by molar-refractivity contribution is 0.0235. The largest absolute Gasteiger partial charge is 0.393 e. The number of nitrogens with zero attached hydrogens (tertiary/aromatic N) is 3. The van der Waals surface area contributed by atoms with E-state index in [0.717, 1.165) is 33.7 Å². The Hall–Kier alpha value is -2.38. The van der Waals surface area contributed by atoms with Crippen molar-refractivity contribution in [1.29, 1.82) is 0 Å². The van der Waals surface area contributed by atoms with Crippen molar-refractivity contribution in [2.45, 2.75) is 38.3 Å². The fourth-order valence-electron chi connectivity index (χ4n) is 3.45. The Kier molecular flexibility index (Phi) is 4.65. The molecule has 1 fully saturated rings. The molecule has 1 atom stereocenters. The lowest BCUT2D eigenvalue weighted by atomic mass is 9.75. The van der Waals surface area contributed by atoms with Gasteiger partial charge in [-0.1, -0.05) is 29.6 Å². The second kappa shape index (κ2) is 7.09. The molecule has 0 saturated heterocycles. The summed E-state index contributed by atoms with van der Waals surface area (Å²) in [5.74, 6) is 0.0410. The predicted molar refractivity (Wildman–Crippen MR) is 100.0 cm³/mol. The molecule has 6 nitrogen and oxygen atoms in total. The van der Waals surface area contributed by atoms with E-state index < -0.39 is 0 Å². The number of aromatic nitrogens is 3. The average molecular weight is 368 g/mol. The number of amides is 1. The summed E-state index contributed by atoms with van der Waals surface area (Å²) in [6.45, 7) is 1.96. The maximum Gasteiger partial charge on any atom is 0.265 e. The molecule has 1 amide bonds. The molecule has 2 heterocycles. The van der Waals surface area contributed by atoms with E-state index in [0.29, 0.717) is 24.1 Å². The minimum absolute atomic E-state index is 0.156. The van der Waals surface area contributed by atoms with Gasteiger partial charge in [0.15, 0.2) is 0 Å². The second-order valence-corrected chi connectivity index (χ2v) is 7.45. The monoisotopic (exact) mass is 368 g/mol. The number of nitrogens with one attached hydrogen (secondary N) is 1. The zero-order chi connectivity index (χ0) is 18.1. The molecule has 0 aliphatic heterocycles. The Morgan fingerprint density at radius 2 is 2.19 bits per heavy atom. The number of carbonyl (C=O) groups excluding carboxylic acids is 1.